The van der Waals surface area contributed by atoms with E-state index in [-0.39, 0.29) is 12.1 Å². The Morgan fingerprint density at radius 3 is 2.58 bits per heavy atom. The number of hydrogen-bond acceptors (Lipinski definition) is 3. The van der Waals surface area contributed by atoms with Crippen LogP contribution in [0.5, 0.6) is 0 Å². The molecule has 2 rings (SSSR count). The van der Waals surface area contributed by atoms with Gasteiger partial charge in [0.1, 0.15) is 0 Å². The summed E-state index contributed by atoms with van der Waals surface area (Å²) >= 11 is 0. The fraction of sp³-hybridized carbons (Fsp3) is 1.00. The molecule has 1 saturated carbocycles. The lowest BCUT2D eigenvalue weighted by Gasteiger charge is -2.33. The maximum absolute atomic E-state index is 9.75. The van der Waals surface area contributed by atoms with Crippen molar-refractivity contribution >= 4 is 0 Å². The predicted molar refractivity (Wildman–Crippen MR) is 80.3 cm³/mol. The second-order valence-electron chi connectivity index (χ2n) is 7.50. The molecule has 3 heteroatoms. The number of hydrogen-bond donors (Lipinski definition) is 2. The van der Waals surface area contributed by atoms with Crippen molar-refractivity contribution in [2.45, 2.75) is 70.9 Å². The van der Waals surface area contributed by atoms with Crippen molar-refractivity contribution in [1.29, 1.82) is 0 Å². The van der Waals surface area contributed by atoms with Gasteiger partial charge in [-0.2, -0.15) is 0 Å². The summed E-state index contributed by atoms with van der Waals surface area (Å²) in [5.74, 6) is 0. The van der Waals surface area contributed by atoms with Crippen LogP contribution >= 0.6 is 0 Å². The molecule has 2 N–H and O–H groups in total. The molecule has 0 radical (unpaired) electrons. The highest BCUT2D eigenvalue weighted by Crippen LogP contribution is 2.30. The summed E-state index contributed by atoms with van der Waals surface area (Å²) in [6, 6.07) is 0.679. The molecule has 2 aliphatic rings. The van der Waals surface area contributed by atoms with Gasteiger partial charge in [-0.15, -0.1) is 0 Å². The zero-order valence-electron chi connectivity index (χ0n) is 13.0. The van der Waals surface area contributed by atoms with Gasteiger partial charge in [-0.25, -0.2) is 0 Å². The normalized spacial score (nSPS) is 26.5. The topological polar surface area (TPSA) is 35.5 Å². The number of nitrogens with zero attached hydrogens (tertiary/aromatic N) is 1. The van der Waals surface area contributed by atoms with Crippen LogP contribution in [0.15, 0.2) is 0 Å². The summed E-state index contributed by atoms with van der Waals surface area (Å²) in [5, 5.41) is 13.4. The first-order chi connectivity index (χ1) is 8.99. The molecule has 0 bridgehead atoms. The van der Waals surface area contributed by atoms with E-state index in [0.29, 0.717) is 11.5 Å². The van der Waals surface area contributed by atoms with E-state index in [1.165, 1.54) is 45.3 Å². The van der Waals surface area contributed by atoms with Crippen LogP contribution in [0.4, 0.5) is 0 Å². The fourth-order valence-corrected chi connectivity index (χ4v) is 3.30. The number of likely N-dealkylation sites (tertiary alicyclic amines) is 1. The molecule has 0 aromatic rings. The molecular formula is C16H32N2O. The smallest absolute Gasteiger partial charge is 0.0613 e. The molecule has 19 heavy (non-hydrogen) atoms. The summed E-state index contributed by atoms with van der Waals surface area (Å²) in [6.45, 7) is 10.9. The van der Waals surface area contributed by atoms with E-state index in [1.54, 1.807) is 0 Å². The zero-order chi connectivity index (χ0) is 13.9. The van der Waals surface area contributed by atoms with Crippen molar-refractivity contribution in [3.63, 3.8) is 0 Å². The molecule has 0 aromatic carbocycles. The van der Waals surface area contributed by atoms with E-state index in [0.717, 1.165) is 12.8 Å². The van der Waals surface area contributed by atoms with E-state index >= 15 is 0 Å². The van der Waals surface area contributed by atoms with Gasteiger partial charge in [0.2, 0.25) is 0 Å². The van der Waals surface area contributed by atoms with E-state index in [9.17, 15) is 5.11 Å². The average molecular weight is 268 g/mol. The summed E-state index contributed by atoms with van der Waals surface area (Å²) < 4.78 is 0. The Morgan fingerprint density at radius 2 is 2.11 bits per heavy atom. The maximum atomic E-state index is 9.75. The number of nitrogens with one attached hydrogen (secondary N) is 1. The third-order valence-corrected chi connectivity index (χ3v) is 4.95. The lowest BCUT2D eigenvalue weighted by atomic mass is 9.90. The van der Waals surface area contributed by atoms with Crippen molar-refractivity contribution < 1.29 is 5.11 Å². The van der Waals surface area contributed by atoms with Gasteiger partial charge in [0, 0.05) is 18.1 Å². The van der Waals surface area contributed by atoms with Gasteiger partial charge in [0.05, 0.1) is 6.61 Å². The monoisotopic (exact) mass is 268 g/mol. The summed E-state index contributed by atoms with van der Waals surface area (Å²) in [5.41, 5.74) is 0.488. The van der Waals surface area contributed by atoms with Gasteiger partial charge >= 0.3 is 0 Å². The number of aliphatic hydroxyl groups is 1. The van der Waals surface area contributed by atoms with Crippen molar-refractivity contribution in [2.24, 2.45) is 5.41 Å². The fourth-order valence-electron chi connectivity index (χ4n) is 3.30. The van der Waals surface area contributed by atoms with Crippen molar-refractivity contribution in [2.75, 3.05) is 26.2 Å². The molecule has 112 valence electrons. The molecule has 1 aliphatic heterocycles. The Morgan fingerprint density at radius 1 is 1.37 bits per heavy atom. The third-order valence-electron chi connectivity index (χ3n) is 4.95. The summed E-state index contributed by atoms with van der Waals surface area (Å²) in [6.07, 6.45) is 7.25. The highest BCUT2D eigenvalue weighted by molar-refractivity contribution is 4.94. The predicted octanol–water partition coefficient (Wildman–Crippen LogP) is 2.39. The van der Waals surface area contributed by atoms with Crippen molar-refractivity contribution in [1.82, 2.24) is 10.2 Å². The molecule has 1 unspecified atom stereocenters. The van der Waals surface area contributed by atoms with Crippen LogP contribution < -0.4 is 5.32 Å². The van der Waals surface area contributed by atoms with Crippen LogP contribution in [0.25, 0.3) is 0 Å². The van der Waals surface area contributed by atoms with Gasteiger partial charge in [-0.1, -0.05) is 20.8 Å². The van der Waals surface area contributed by atoms with Crippen molar-refractivity contribution in [3.8, 4) is 0 Å². The standard InChI is InChI=1S/C16H32N2O/c1-4-16(13-19,17-14-6-7-14)8-5-10-18-11-9-15(2,3)12-18/h14,17,19H,4-13H2,1-3H3. The first kappa shape index (κ1) is 15.3. The molecular weight excluding hydrogens is 236 g/mol. The van der Waals surface area contributed by atoms with Gasteiger partial charge < -0.3 is 15.3 Å². The minimum atomic E-state index is -0.0175. The minimum absolute atomic E-state index is 0.0175. The maximum Gasteiger partial charge on any atom is 0.0613 e. The Kier molecular flexibility index (Phi) is 4.91. The second-order valence-corrected chi connectivity index (χ2v) is 7.50. The van der Waals surface area contributed by atoms with Gasteiger partial charge in [0.25, 0.3) is 0 Å². The molecule has 1 atom stereocenters. The number of rotatable bonds is 8. The molecule has 3 nitrogen and oxygen atoms in total. The van der Waals surface area contributed by atoms with E-state index < -0.39 is 0 Å². The Bertz CT molecular complexity index is 282. The molecule has 1 aliphatic carbocycles. The second kappa shape index (κ2) is 6.11. The Hall–Kier alpha value is -0.120. The third kappa shape index (κ3) is 4.44. The summed E-state index contributed by atoms with van der Waals surface area (Å²) in [7, 11) is 0. The van der Waals surface area contributed by atoms with Crippen LogP contribution in [-0.2, 0) is 0 Å². The van der Waals surface area contributed by atoms with Crippen LogP contribution in [0, 0.1) is 5.41 Å². The van der Waals surface area contributed by atoms with Gasteiger partial charge in [-0.05, 0) is 57.0 Å². The largest absolute Gasteiger partial charge is 0.394 e. The average Bonchev–Trinajstić information content (AvgIpc) is 3.11. The molecule has 2 fully saturated rings. The van der Waals surface area contributed by atoms with Gasteiger partial charge in [-0.3, -0.25) is 0 Å². The molecule has 0 amide bonds. The molecule has 0 spiro atoms. The van der Waals surface area contributed by atoms with Gasteiger partial charge in [0.15, 0.2) is 0 Å². The lowest BCUT2D eigenvalue weighted by Crippen LogP contribution is -2.49. The number of aliphatic hydroxyl groups excluding tert-OH is 1. The summed E-state index contributed by atoms with van der Waals surface area (Å²) in [4.78, 5) is 2.59. The Balaban J connectivity index is 1.73. The Labute approximate surface area is 118 Å². The SMILES string of the molecule is CCC(CO)(CCCN1CCC(C)(C)C1)NC1CC1. The first-order valence-corrected chi connectivity index (χ1v) is 8.09. The van der Waals surface area contributed by atoms with Crippen molar-refractivity contribution in [3.05, 3.63) is 0 Å². The first-order valence-electron chi connectivity index (χ1n) is 8.09. The van der Waals surface area contributed by atoms with Crippen LogP contribution in [0.2, 0.25) is 0 Å². The molecule has 0 aromatic heterocycles. The molecule has 1 heterocycles. The van der Waals surface area contributed by atoms with E-state index in [2.05, 4.69) is 31.0 Å². The quantitative estimate of drug-likeness (QED) is 0.709. The van der Waals surface area contributed by atoms with Crippen LogP contribution in [-0.4, -0.2) is 47.8 Å². The van der Waals surface area contributed by atoms with Crippen LogP contribution in [0.3, 0.4) is 0 Å². The van der Waals surface area contributed by atoms with Crippen LogP contribution in [0.1, 0.15) is 59.3 Å². The lowest BCUT2D eigenvalue weighted by molar-refractivity contribution is 0.137. The molecule has 1 saturated heterocycles. The van der Waals surface area contributed by atoms with E-state index in [1.807, 2.05) is 0 Å². The minimum Gasteiger partial charge on any atom is -0.394 e. The zero-order valence-corrected chi connectivity index (χ0v) is 13.0. The van der Waals surface area contributed by atoms with E-state index in [4.69, 9.17) is 0 Å². The highest BCUT2D eigenvalue weighted by Gasteiger charge is 2.34. The highest BCUT2D eigenvalue weighted by atomic mass is 16.3.